The summed E-state index contributed by atoms with van der Waals surface area (Å²) in [5.41, 5.74) is 5.54. The van der Waals surface area contributed by atoms with E-state index >= 15 is 0 Å². The van der Waals surface area contributed by atoms with Crippen molar-refractivity contribution in [2.24, 2.45) is 0 Å². The molecule has 3 aromatic rings. The van der Waals surface area contributed by atoms with E-state index in [1.807, 2.05) is 10.4 Å². The Kier molecular flexibility index (Phi) is 4.96. The van der Waals surface area contributed by atoms with Gasteiger partial charge < -0.3 is 4.90 Å². The Morgan fingerprint density at radius 2 is 2.15 bits per heavy atom. The van der Waals surface area contributed by atoms with Crippen LogP contribution in [0.2, 0.25) is 0 Å². The molecule has 2 aromatic carbocycles. The van der Waals surface area contributed by atoms with Crippen LogP contribution in [-0.2, 0) is 24.2 Å². The molecule has 0 N–H and O–H groups in total. The van der Waals surface area contributed by atoms with E-state index in [4.69, 9.17) is 11.6 Å². The van der Waals surface area contributed by atoms with Crippen LogP contribution in [0.3, 0.4) is 0 Å². The molecule has 1 aromatic heterocycles. The second-order valence-electron chi connectivity index (χ2n) is 6.84. The molecule has 5 heteroatoms. The summed E-state index contributed by atoms with van der Waals surface area (Å²) < 4.78 is 0. The van der Waals surface area contributed by atoms with Crippen LogP contribution in [0, 0.1) is 6.92 Å². The molecule has 1 amide bonds. The van der Waals surface area contributed by atoms with Crippen molar-refractivity contribution >= 4 is 39.6 Å². The maximum absolute atomic E-state index is 12.6. The molecule has 1 aliphatic rings. The first-order chi connectivity index (χ1) is 12.7. The highest BCUT2D eigenvalue weighted by atomic mass is 35.5. The first-order valence-electron chi connectivity index (χ1n) is 8.91. The van der Waals surface area contributed by atoms with Crippen molar-refractivity contribution in [1.82, 2.24) is 9.88 Å². The molecule has 1 atom stereocenters. The number of nitrogens with zero attached hydrogens (tertiary/aromatic N) is 2. The van der Waals surface area contributed by atoms with Gasteiger partial charge in [0.25, 0.3) is 0 Å². The highest BCUT2D eigenvalue weighted by Gasteiger charge is 2.29. The van der Waals surface area contributed by atoms with Crippen molar-refractivity contribution in [1.29, 1.82) is 0 Å². The molecule has 1 aliphatic carbocycles. The van der Waals surface area contributed by atoms with Gasteiger partial charge in [0.05, 0.1) is 11.2 Å². The van der Waals surface area contributed by atoms with Crippen LogP contribution in [0.25, 0.3) is 10.8 Å². The normalized spacial score (nSPS) is 16.5. The molecule has 4 rings (SSSR count). The predicted octanol–water partition coefficient (Wildman–Crippen LogP) is 4.73. The highest BCUT2D eigenvalue weighted by molar-refractivity contribution is 7.09. The van der Waals surface area contributed by atoms with Gasteiger partial charge in [0, 0.05) is 23.9 Å². The van der Waals surface area contributed by atoms with Gasteiger partial charge in [-0.15, -0.1) is 22.9 Å². The first-order valence-corrected chi connectivity index (χ1v) is 10.3. The Bertz CT molecular complexity index is 952. The summed E-state index contributed by atoms with van der Waals surface area (Å²) >= 11 is 7.64. The number of hydrogen-bond donors (Lipinski definition) is 0. The van der Waals surface area contributed by atoms with E-state index in [9.17, 15) is 4.79 Å². The molecule has 0 saturated heterocycles. The van der Waals surface area contributed by atoms with Crippen molar-refractivity contribution in [3.63, 3.8) is 0 Å². The Balaban J connectivity index is 1.64. The number of benzene rings is 2. The number of amides is 1. The summed E-state index contributed by atoms with van der Waals surface area (Å²) in [6.07, 6.45) is 2.77. The van der Waals surface area contributed by atoms with Gasteiger partial charge >= 0.3 is 0 Å². The van der Waals surface area contributed by atoms with Crippen molar-refractivity contribution in [3.05, 3.63) is 63.6 Å². The fourth-order valence-corrected chi connectivity index (χ4v) is 4.91. The fourth-order valence-electron chi connectivity index (χ4n) is 3.87. The number of aromatic nitrogens is 1. The summed E-state index contributed by atoms with van der Waals surface area (Å²) in [5, 5.41) is 2.48. The van der Waals surface area contributed by atoms with Crippen LogP contribution in [0.4, 0.5) is 0 Å². The van der Waals surface area contributed by atoms with E-state index in [0.717, 1.165) is 19.3 Å². The maximum Gasteiger partial charge on any atom is 0.238 e. The van der Waals surface area contributed by atoms with Gasteiger partial charge in [-0.3, -0.25) is 4.79 Å². The van der Waals surface area contributed by atoms with Gasteiger partial charge in [-0.2, -0.15) is 0 Å². The number of carbonyl (C=O) groups excluding carboxylic acids is 1. The standard InChI is InChI=1S/C21H21ClN2OS/c1-14-16(7-6-15-4-2-3-5-18(14)15)12-24(21(25)11-22)17-8-9-19-20(10-17)26-13-23-19/h2-7,13,17H,8-12H2,1H3. The van der Waals surface area contributed by atoms with E-state index < -0.39 is 0 Å². The number of aryl methyl sites for hydroxylation is 2. The zero-order valence-electron chi connectivity index (χ0n) is 14.7. The van der Waals surface area contributed by atoms with Gasteiger partial charge in [0.15, 0.2) is 0 Å². The number of fused-ring (bicyclic) bond motifs is 2. The van der Waals surface area contributed by atoms with Crippen molar-refractivity contribution in [3.8, 4) is 0 Å². The van der Waals surface area contributed by atoms with E-state index in [2.05, 4.69) is 48.3 Å². The minimum absolute atomic E-state index is 0.0113. The molecule has 26 heavy (non-hydrogen) atoms. The number of hydrogen-bond acceptors (Lipinski definition) is 3. The van der Waals surface area contributed by atoms with Crippen LogP contribution < -0.4 is 0 Å². The molecule has 134 valence electrons. The van der Waals surface area contributed by atoms with Gasteiger partial charge in [-0.05, 0) is 41.7 Å². The number of thiazole rings is 1. The Labute approximate surface area is 162 Å². The van der Waals surface area contributed by atoms with E-state index in [0.29, 0.717) is 6.54 Å². The molecule has 0 spiro atoms. The van der Waals surface area contributed by atoms with Crippen LogP contribution >= 0.6 is 22.9 Å². The third-order valence-corrected chi connectivity index (χ3v) is 6.51. The number of halogens is 1. The number of alkyl halides is 1. The second-order valence-corrected chi connectivity index (χ2v) is 8.05. The van der Waals surface area contributed by atoms with Crippen LogP contribution in [-0.4, -0.2) is 27.7 Å². The predicted molar refractivity (Wildman–Crippen MR) is 108 cm³/mol. The molecular weight excluding hydrogens is 364 g/mol. The largest absolute Gasteiger partial charge is 0.334 e. The van der Waals surface area contributed by atoms with Crippen LogP contribution in [0.1, 0.15) is 28.1 Å². The minimum Gasteiger partial charge on any atom is -0.334 e. The van der Waals surface area contributed by atoms with E-state index in [1.165, 1.54) is 32.5 Å². The van der Waals surface area contributed by atoms with E-state index in [1.54, 1.807) is 11.3 Å². The molecule has 1 heterocycles. The summed E-state index contributed by atoms with van der Waals surface area (Å²) in [6, 6.07) is 12.9. The smallest absolute Gasteiger partial charge is 0.238 e. The zero-order chi connectivity index (χ0) is 18.1. The molecule has 0 bridgehead atoms. The SMILES string of the molecule is Cc1c(CN(C(=O)CCl)C2CCc3ncsc3C2)ccc2ccccc12. The minimum atomic E-state index is 0.0113. The van der Waals surface area contributed by atoms with E-state index in [-0.39, 0.29) is 17.8 Å². The summed E-state index contributed by atoms with van der Waals surface area (Å²) in [4.78, 5) is 20.3. The maximum atomic E-state index is 12.6. The van der Waals surface area contributed by atoms with Crippen LogP contribution in [0.15, 0.2) is 41.9 Å². The highest BCUT2D eigenvalue weighted by Crippen LogP contribution is 2.29. The molecule has 3 nitrogen and oxygen atoms in total. The lowest BCUT2D eigenvalue weighted by Gasteiger charge is -2.34. The average molecular weight is 385 g/mol. The molecular formula is C21H21ClN2OS. The Hall–Kier alpha value is -1.91. The molecule has 0 aliphatic heterocycles. The third kappa shape index (κ3) is 3.24. The second kappa shape index (κ2) is 7.37. The molecule has 0 radical (unpaired) electrons. The molecule has 0 saturated carbocycles. The lowest BCUT2D eigenvalue weighted by atomic mass is 9.94. The third-order valence-electron chi connectivity index (χ3n) is 5.39. The first kappa shape index (κ1) is 17.5. The zero-order valence-corrected chi connectivity index (χ0v) is 16.3. The molecule has 1 unspecified atom stereocenters. The number of rotatable bonds is 4. The van der Waals surface area contributed by atoms with Gasteiger partial charge in [0.2, 0.25) is 5.91 Å². The lowest BCUT2D eigenvalue weighted by Crippen LogP contribution is -2.43. The van der Waals surface area contributed by atoms with Crippen molar-refractivity contribution < 1.29 is 4.79 Å². The Morgan fingerprint density at radius 3 is 3.00 bits per heavy atom. The summed E-state index contributed by atoms with van der Waals surface area (Å²) in [6.45, 7) is 2.75. The summed E-state index contributed by atoms with van der Waals surface area (Å²) in [7, 11) is 0. The van der Waals surface area contributed by atoms with Crippen LogP contribution in [0.5, 0.6) is 0 Å². The Morgan fingerprint density at radius 1 is 1.31 bits per heavy atom. The van der Waals surface area contributed by atoms with Gasteiger partial charge in [-0.1, -0.05) is 36.4 Å². The molecule has 0 fully saturated rings. The quantitative estimate of drug-likeness (QED) is 0.609. The lowest BCUT2D eigenvalue weighted by molar-refractivity contribution is -0.131. The topological polar surface area (TPSA) is 33.2 Å². The average Bonchev–Trinajstić information content (AvgIpc) is 3.15. The van der Waals surface area contributed by atoms with Gasteiger partial charge in [-0.25, -0.2) is 4.98 Å². The van der Waals surface area contributed by atoms with Gasteiger partial charge in [0.1, 0.15) is 5.88 Å². The monoisotopic (exact) mass is 384 g/mol. The fraction of sp³-hybridized carbons (Fsp3) is 0.333. The number of carbonyl (C=O) groups is 1. The summed E-state index contributed by atoms with van der Waals surface area (Å²) in [5.74, 6) is 0.0378. The van der Waals surface area contributed by atoms with Crippen molar-refractivity contribution in [2.45, 2.75) is 38.8 Å². The van der Waals surface area contributed by atoms with Crippen molar-refractivity contribution in [2.75, 3.05) is 5.88 Å².